The average molecular weight is 287 g/mol. The Hall–Kier alpha value is -1.29. The first-order chi connectivity index (χ1) is 9.11. The molecule has 1 aromatic carbocycles. The zero-order valence-corrected chi connectivity index (χ0v) is 11.5. The lowest BCUT2D eigenvalue weighted by molar-refractivity contribution is 0.0595. The normalized spacial score (nSPS) is 15.5. The Bertz CT molecular complexity index is 470. The second-order valence-corrected chi connectivity index (χ2v) is 5.12. The second-order valence-electron chi connectivity index (χ2n) is 4.72. The fourth-order valence-electron chi connectivity index (χ4n) is 2.29. The van der Waals surface area contributed by atoms with Crippen molar-refractivity contribution < 1.29 is 18.7 Å². The molecule has 0 amide bonds. The molecule has 0 aliphatic heterocycles. The monoisotopic (exact) mass is 286 g/mol. The van der Waals surface area contributed by atoms with Crippen molar-refractivity contribution in [3.63, 3.8) is 0 Å². The van der Waals surface area contributed by atoms with Gasteiger partial charge >= 0.3 is 5.97 Å². The van der Waals surface area contributed by atoms with Crippen LogP contribution in [0.25, 0.3) is 0 Å². The van der Waals surface area contributed by atoms with E-state index in [4.69, 9.17) is 16.3 Å². The van der Waals surface area contributed by atoms with Gasteiger partial charge in [0.1, 0.15) is 11.6 Å². The highest BCUT2D eigenvalue weighted by Gasteiger charge is 2.19. The minimum Gasteiger partial charge on any atom is -0.492 e. The summed E-state index contributed by atoms with van der Waals surface area (Å²) >= 11 is 5.99. The smallest absolute Gasteiger partial charge is 0.340 e. The van der Waals surface area contributed by atoms with Crippen LogP contribution in [0.2, 0.25) is 5.02 Å². The zero-order valence-electron chi connectivity index (χ0n) is 10.7. The van der Waals surface area contributed by atoms with Crippen LogP contribution in [0.5, 0.6) is 5.75 Å². The van der Waals surface area contributed by atoms with Gasteiger partial charge in [-0.05, 0) is 24.8 Å². The summed E-state index contributed by atoms with van der Waals surface area (Å²) in [5, 5.41) is 0.222. The van der Waals surface area contributed by atoms with Crippen LogP contribution < -0.4 is 4.74 Å². The first-order valence-corrected chi connectivity index (χ1v) is 6.69. The van der Waals surface area contributed by atoms with Crippen molar-refractivity contribution in [1.82, 2.24) is 0 Å². The number of ether oxygens (including phenoxy) is 2. The highest BCUT2D eigenvalue weighted by atomic mass is 35.5. The lowest BCUT2D eigenvalue weighted by Crippen LogP contribution is -2.10. The molecule has 0 aromatic heterocycles. The molecule has 0 radical (unpaired) electrons. The summed E-state index contributed by atoms with van der Waals surface area (Å²) in [6.45, 7) is 0.538. The predicted octanol–water partition coefficient (Wildman–Crippen LogP) is 3.83. The minimum atomic E-state index is -0.748. The summed E-state index contributed by atoms with van der Waals surface area (Å²) < 4.78 is 23.7. The van der Waals surface area contributed by atoms with Crippen molar-refractivity contribution in [2.45, 2.75) is 25.7 Å². The molecule has 104 valence electrons. The topological polar surface area (TPSA) is 35.5 Å². The molecule has 0 saturated heterocycles. The van der Waals surface area contributed by atoms with Gasteiger partial charge in [-0.2, -0.15) is 0 Å². The summed E-state index contributed by atoms with van der Waals surface area (Å²) in [6.07, 6.45) is 4.72. The average Bonchev–Trinajstić information content (AvgIpc) is 2.91. The van der Waals surface area contributed by atoms with E-state index in [1.54, 1.807) is 0 Å². The molecular weight excluding hydrogens is 271 g/mol. The van der Waals surface area contributed by atoms with Gasteiger partial charge in [0.2, 0.25) is 0 Å². The molecule has 1 aromatic rings. The van der Waals surface area contributed by atoms with E-state index in [9.17, 15) is 9.18 Å². The van der Waals surface area contributed by atoms with Gasteiger partial charge in [-0.1, -0.05) is 24.4 Å². The van der Waals surface area contributed by atoms with Crippen LogP contribution in [0.4, 0.5) is 4.39 Å². The molecule has 5 heteroatoms. The molecule has 2 rings (SSSR count). The van der Waals surface area contributed by atoms with E-state index < -0.39 is 11.8 Å². The van der Waals surface area contributed by atoms with Crippen molar-refractivity contribution in [3.8, 4) is 5.75 Å². The summed E-state index contributed by atoms with van der Waals surface area (Å²) in [4.78, 5) is 11.3. The van der Waals surface area contributed by atoms with Gasteiger partial charge in [-0.25, -0.2) is 9.18 Å². The molecule has 0 unspecified atom stereocenters. The number of benzene rings is 1. The molecule has 0 bridgehead atoms. The van der Waals surface area contributed by atoms with E-state index in [2.05, 4.69) is 4.74 Å². The maximum Gasteiger partial charge on any atom is 0.340 e. The molecule has 1 aliphatic carbocycles. The highest BCUT2D eigenvalue weighted by molar-refractivity contribution is 6.32. The number of halogens is 2. The molecule has 19 heavy (non-hydrogen) atoms. The van der Waals surface area contributed by atoms with E-state index in [1.807, 2.05) is 0 Å². The Kier molecular flexibility index (Phi) is 4.64. The third kappa shape index (κ3) is 3.38. The number of hydrogen-bond acceptors (Lipinski definition) is 3. The van der Waals surface area contributed by atoms with Crippen LogP contribution in [-0.2, 0) is 4.74 Å². The fraction of sp³-hybridized carbons (Fsp3) is 0.500. The van der Waals surface area contributed by atoms with Crippen LogP contribution >= 0.6 is 11.6 Å². The van der Waals surface area contributed by atoms with Gasteiger partial charge in [-0.3, -0.25) is 0 Å². The molecule has 0 N–H and O–H groups in total. The van der Waals surface area contributed by atoms with E-state index in [1.165, 1.54) is 26.0 Å². The Balaban J connectivity index is 2.08. The number of hydrogen-bond donors (Lipinski definition) is 0. The van der Waals surface area contributed by atoms with Crippen molar-refractivity contribution in [2.24, 2.45) is 5.92 Å². The van der Waals surface area contributed by atoms with Gasteiger partial charge in [0.25, 0.3) is 0 Å². The van der Waals surface area contributed by atoms with Crippen molar-refractivity contribution in [2.75, 3.05) is 13.7 Å². The number of carbonyl (C=O) groups excluding carboxylic acids is 1. The van der Waals surface area contributed by atoms with Crippen LogP contribution in [0.1, 0.15) is 36.0 Å². The van der Waals surface area contributed by atoms with E-state index >= 15 is 0 Å². The molecule has 0 spiro atoms. The first-order valence-electron chi connectivity index (χ1n) is 6.32. The third-order valence-corrected chi connectivity index (χ3v) is 3.67. The summed E-state index contributed by atoms with van der Waals surface area (Å²) in [5.74, 6) is -0.641. The Morgan fingerprint density at radius 2 is 2.11 bits per heavy atom. The van der Waals surface area contributed by atoms with Crippen LogP contribution in [0.3, 0.4) is 0 Å². The van der Waals surface area contributed by atoms with Gasteiger partial charge in [0.15, 0.2) is 0 Å². The fourth-order valence-corrected chi connectivity index (χ4v) is 2.51. The van der Waals surface area contributed by atoms with Crippen LogP contribution in [0, 0.1) is 11.7 Å². The molecule has 1 fully saturated rings. The lowest BCUT2D eigenvalue weighted by Gasteiger charge is -2.13. The van der Waals surface area contributed by atoms with Gasteiger partial charge in [-0.15, -0.1) is 0 Å². The summed E-state index contributed by atoms with van der Waals surface area (Å²) in [5.41, 5.74) is -0.180. The van der Waals surface area contributed by atoms with E-state index in [0.29, 0.717) is 12.5 Å². The van der Waals surface area contributed by atoms with E-state index in [0.717, 1.165) is 18.9 Å². The quantitative estimate of drug-likeness (QED) is 0.789. The van der Waals surface area contributed by atoms with Crippen molar-refractivity contribution in [3.05, 3.63) is 28.5 Å². The van der Waals surface area contributed by atoms with Crippen LogP contribution in [-0.4, -0.2) is 19.7 Å². The van der Waals surface area contributed by atoms with Crippen molar-refractivity contribution in [1.29, 1.82) is 0 Å². The Morgan fingerprint density at radius 3 is 2.74 bits per heavy atom. The number of carbonyl (C=O) groups is 1. The molecule has 0 heterocycles. The Labute approximate surface area is 116 Å². The maximum absolute atomic E-state index is 13.7. The second kappa shape index (κ2) is 6.24. The molecular formula is C14H16ClFO3. The minimum absolute atomic E-state index is 0.180. The largest absolute Gasteiger partial charge is 0.492 e. The van der Waals surface area contributed by atoms with Gasteiger partial charge < -0.3 is 9.47 Å². The van der Waals surface area contributed by atoms with Gasteiger partial charge in [0.05, 0.1) is 24.3 Å². The molecule has 0 atom stereocenters. The summed E-state index contributed by atoms with van der Waals surface area (Å²) in [6, 6.07) is 2.39. The lowest BCUT2D eigenvalue weighted by atomic mass is 10.1. The van der Waals surface area contributed by atoms with E-state index in [-0.39, 0.29) is 16.3 Å². The molecule has 1 aliphatic rings. The standard InChI is InChI=1S/C14H16ClFO3/c1-18-14(17)10-6-11(15)13(7-12(10)16)19-8-9-4-2-3-5-9/h6-7,9H,2-5,8H2,1H3. The molecule has 3 nitrogen and oxygen atoms in total. The zero-order chi connectivity index (χ0) is 13.8. The number of rotatable bonds is 4. The number of esters is 1. The SMILES string of the molecule is COC(=O)c1cc(Cl)c(OCC2CCCC2)cc1F. The first kappa shape index (κ1) is 14.1. The predicted molar refractivity (Wildman–Crippen MR) is 70.2 cm³/mol. The molecule has 1 saturated carbocycles. The Morgan fingerprint density at radius 1 is 1.42 bits per heavy atom. The number of methoxy groups -OCH3 is 1. The maximum atomic E-state index is 13.7. The van der Waals surface area contributed by atoms with Crippen molar-refractivity contribution >= 4 is 17.6 Å². The van der Waals surface area contributed by atoms with Crippen LogP contribution in [0.15, 0.2) is 12.1 Å². The van der Waals surface area contributed by atoms with Gasteiger partial charge in [0, 0.05) is 6.07 Å². The highest BCUT2D eigenvalue weighted by Crippen LogP contribution is 2.30. The third-order valence-electron chi connectivity index (χ3n) is 3.38. The summed E-state index contributed by atoms with van der Waals surface area (Å²) in [7, 11) is 1.19.